The molecular weight excluding hydrogens is 242 g/mol. The van der Waals surface area contributed by atoms with Gasteiger partial charge in [-0.05, 0) is 30.5 Å². The van der Waals surface area contributed by atoms with Gasteiger partial charge in [0.05, 0.1) is 0 Å². The van der Waals surface area contributed by atoms with E-state index < -0.39 is 12.0 Å². The number of carboxylic acid groups (broad SMARTS) is 1. The molecule has 0 heterocycles. The molecule has 1 rings (SSSR count). The largest absolute Gasteiger partial charge is 0.507 e. The molecule has 0 saturated carbocycles. The van der Waals surface area contributed by atoms with E-state index in [1.54, 1.807) is 12.1 Å². The lowest BCUT2D eigenvalue weighted by atomic mass is 9.98. The molecule has 0 amide bonds. The summed E-state index contributed by atoms with van der Waals surface area (Å²) >= 11 is 5.92. The maximum atomic E-state index is 10.5. The summed E-state index contributed by atoms with van der Waals surface area (Å²) in [6.07, 6.45) is 0.881. The molecule has 0 spiro atoms. The number of halogens is 1. The Balaban J connectivity index is 2.96. The molecule has 0 aromatic heterocycles. The van der Waals surface area contributed by atoms with Crippen molar-refractivity contribution in [3.8, 4) is 5.75 Å². The van der Waals surface area contributed by atoms with Gasteiger partial charge >= 0.3 is 5.97 Å². The highest BCUT2D eigenvalue weighted by Gasteiger charge is 2.15. The van der Waals surface area contributed by atoms with Gasteiger partial charge in [-0.15, -0.1) is 0 Å². The fourth-order valence-electron chi connectivity index (χ4n) is 1.67. The molecule has 5 heteroatoms. The number of carboxylic acids is 1. The number of phenols is 1. The maximum Gasteiger partial charge on any atom is 0.303 e. The summed E-state index contributed by atoms with van der Waals surface area (Å²) < 4.78 is 0. The van der Waals surface area contributed by atoms with Crippen molar-refractivity contribution in [2.75, 3.05) is 0 Å². The first kappa shape index (κ1) is 13.8. The Hall–Kier alpha value is -1.26. The summed E-state index contributed by atoms with van der Waals surface area (Å²) in [7, 11) is 0. The highest BCUT2D eigenvalue weighted by molar-refractivity contribution is 6.30. The zero-order valence-corrected chi connectivity index (χ0v) is 10.4. The SMILES string of the molecule is CCc1cc(Cl)cc(C(N)CCC(=O)O)c1O. The molecule has 0 bridgehead atoms. The molecule has 1 unspecified atom stereocenters. The Kier molecular flexibility index (Phi) is 4.78. The van der Waals surface area contributed by atoms with E-state index in [4.69, 9.17) is 22.4 Å². The number of nitrogens with two attached hydrogens (primary N) is 1. The van der Waals surface area contributed by atoms with Gasteiger partial charge in [-0.25, -0.2) is 0 Å². The van der Waals surface area contributed by atoms with Gasteiger partial charge in [0.1, 0.15) is 5.75 Å². The van der Waals surface area contributed by atoms with E-state index in [-0.39, 0.29) is 18.6 Å². The predicted molar refractivity (Wildman–Crippen MR) is 66.3 cm³/mol. The molecule has 0 aliphatic heterocycles. The predicted octanol–water partition coefficient (Wildman–Crippen LogP) is 2.47. The van der Waals surface area contributed by atoms with Crippen molar-refractivity contribution in [1.82, 2.24) is 0 Å². The van der Waals surface area contributed by atoms with Crippen LogP contribution >= 0.6 is 11.6 Å². The van der Waals surface area contributed by atoms with Gasteiger partial charge in [-0.3, -0.25) is 4.79 Å². The van der Waals surface area contributed by atoms with Gasteiger partial charge in [0, 0.05) is 23.0 Å². The number of phenolic OH excluding ortho intramolecular Hbond substituents is 1. The molecule has 17 heavy (non-hydrogen) atoms. The molecule has 0 aliphatic rings. The van der Waals surface area contributed by atoms with Crippen LogP contribution in [0.15, 0.2) is 12.1 Å². The van der Waals surface area contributed by atoms with E-state index in [2.05, 4.69) is 0 Å². The standard InChI is InChI=1S/C12H16ClNO3/c1-2-7-5-8(13)6-9(12(7)17)10(14)3-4-11(15)16/h5-6,10,17H,2-4,14H2,1H3,(H,15,16). The van der Waals surface area contributed by atoms with E-state index in [0.717, 1.165) is 5.56 Å². The molecule has 0 aliphatic carbocycles. The average Bonchev–Trinajstić information content (AvgIpc) is 2.28. The van der Waals surface area contributed by atoms with Gasteiger partial charge in [0.2, 0.25) is 0 Å². The molecule has 0 fully saturated rings. The van der Waals surface area contributed by atoms with Crippen LogP contribution in [-0.4, -0.2) is 16.2 Å². The van der Waals surface area contributed by atoms with Crippen LogP contribution in [0.4, 0.5) is 0 Å². The van der Waals surface area contributed by atoms with Crippen LogP contribution in [-0.2, 0) is 11.2 Å². The van der Waals surface area contributed by atoms with Gasteiger partial charge < -0.3 is 15.9 Å². The number of rotatable bonds is 5. The molecule has 0 radical (unpaired) electrons. The fraction of sp³-hybridized carbons (Fsp3) is 0.417. The van der Waals surface area contributed by atoms with Gasteiger partial charge in [-0.1, -0.05) is 18.5 Å². The van der Waals surface area contributed by atoms with Crippen molar-refractivity contribution in [3.05, 3.63) is 28.3 Å². The van der Waals surface area contributed by atoms with Crippen LogP contribution in [0.25, 0.3) is 0 Å². The minimum absolute atomic E-state index is 0.0332. The van der Waals surface area contributed by atoms with Gasteiger partial charge in [0.15, 0.2) is 0 Å². The molecule has 1 atom stereocenters. The van der Waals surface area contributed by atoms with Crippen molar-refractivity contribution in [2.45, 2.75) is 32.2 Å². The van der Waals surface area contributed by atoms with Crippen LogP contribution in [0.5, 0.6) is 5.75 Å². The van der Waals surface area contributed by atoms with Crippen LogP contribution in [0.3, 0.4) is 0 Å². The van der Waals surface area contributed by atoms with E-state index in [0.29, 0.717) is 17.0 Å². The lowest BCUT2D eigenvalue weighted by Gasteiger charge is -2.15. The number of aryl methyl sites for hydroxylation is 1. The van der Waals surface area contributed by atoms with Gasteiger partial charge in [-0.2, -0.15) is 0 Å². The lowest BCUT2D eigenvalue weighted by Crippen LogP contribution is -2.13. The molecule has 0 saturated heterocycles. The Labute approximate surface area is 105 Å². The summed E-state index contributed by atoms with van der Waals surface area (Å²) in [6, 6.07) is 2.75. The first-order valence-electron chi connectivity index (χ1n) is 5.44. The Morgan fingerprint density at radius 1 is 1.53 bits per heavy atom. The summed E-state index contributed by atoms with van der Waals surface area (Å²) in [6.45, 7) is 1.90. The van der Waals surface area contributed by atoms with Crippen LogP contribution in [0.1, 0.15) is 36.9 Å². The topological polar surface area (TPSA) is 83.6 Å². The third-order valence-electron chi connectivity index (χ3n) is 2.63. The summed E-state index contributed by atoms with van der Waals surface area (Å²) in [5.41, 5.74) is 7.09. The first-order chi connectivity index (χ1) is 7.95. The fourth-order valence-corrected chi connectivity index (χ4v) is 1.91. The second-order valence-corrected chi connectivity index (χ2v) is 4.33. The molecule has 1 aromatic carbocycles. The minimum atomic E-state index is -0.905. The zero-order valence-electron chi connectivity index (χ0n) is 9.61. The van der Waals surface area contributed by atoms with Gasteiger partial charge in [0.25, 0.3) is 0 Å². The molecule has 4 nitrogen and oxygen atoms in total. The summed E-state index contributed by atoms with van der Waals surface area (Å²) in [4.78, 5) is 10.5. The Bertz CT molecular complexity index is 420. The Morgan fingerprint density at radius 2 is 2.18 bits per heavy atom. The highest BCUT2D eigenvalue weighted by atomic mass is 35.5. The van der Waals surface area contributed by atoms with Crippen molar-refractivity contribution in [2.24, 2.45) is 5.73 Å². The second kappa shape index (κ2) is 5.89. The number of carbonyl (C=O) groups is 1. The van der Waals surface area contributed by atoms with E-state index >= 15 is 0 Å². The lowest BCUT2D eigenvalue weighted by molar-refractivity contribution is -0.137. The monoisotopic (exact) mass is 257 g/mol. The minimum Gasteiger partial charge on any atom is -0.507 e. The highest BCUT2D eigenvalue weighted by Crippen LogP contribution is 2.32. The van der Waals surface area contributed by atoms with Crippen LogP contribution < -0.4 is 5.73 Å². The third-order valence-corrected chi connectivity index (χ3v) is 2.85. The van der Waals surface area contributed by atoms with Crippen molar-refractivity contribution >= 4 is 17.6 Å². The number of aliphatic carboxylic acids is 1. The molecular formula is C12H16ClNO3. The number of hydrogen-bond acceptors (Lipinski definition) is 3. The normalized spacial score (nSPS) is 12.4. The number of aromatic hydroxyl groups is 1. The second-order valence-electron chi connectivity index (χ2n) is 3.90. The van der Waals surface area contributed by atoms with Crippen molar-refractivity contribution in [3.63, 3.8) is 0 Å². The van der Waals surface area contributed by atoms with Crippen LogP contribution in [0, 0.1) is 0 Å². The molecule has 1 aromatic rings. The van der Waals surface area contributed by atoms with E-state index in [1.807, 2.05) is 6.92 Å². The van der Waals surface area contributed by atoms with E-state index in [1.165, 1.54) is 0 Å². The smallest absolute Gasteiger partial charge is 0.303 e. The van der Waals surface area contributed by atoms with E-state index in [9.17, 15) is 9.90 Å². The molecule has 94 valence electrons. The van der Waals surface area contributed by atoms with Crippen LogP contribution in [0.2, 0.25) is 5.02 Å². The summed E-state index contributed by atoms with van der Waals surface area (Å²) in [5.74, 6) is -0.785. The zero-order chi connectivity index (χ0) is 13.0. The summed E-state index contributed by atoms with van der Waals surface area (Å²) in [5, 5.41) is 19.1. The van der Waals surface area contributed by atoms with Crippen molar-refractivity contribution in [1.29, 1.82) is 0 Å². The van der Waals surface area contributed by atoms with Crippen molar-refractivity contribution < 1.29 is 15.0 Å². The third kappa shape index (κ3) is 3.61. The molecule has 4 N–H and O–H groups in total. The number of benzene rings is 1. The Morgan fingerprint density at radius 3 is 2.71 bits per heavy atom. The maximum absolute atomic E-state index is 10.5. The number of hydrogen-bond donors (Lipinski definition) is 3. The quantitative estimate of drug-likeness (QED) is 0.757. The average molecular weight is 258 g/mol. The first-order valence-corrected chi connectivity index (χ1v) is 5.82.